The highest BCUT2D eigenvalue weighted by Gasteiger charge is 2.36. The molecule has 0 amide bonds. The van der Waals surface area contributed by atoms with Gasteiger partial charge in [0.05, 0.1) is 17.1 Å². The summed E-state index contributed by atoms with van der Waals surface area (Å²) in [5.41, 5.74) is 6.74. The highest BCUT2D eigenvalue weighted by Crippen LogP contribution is 2.36. The molecule has 0 saturated heterocycles. The predicted molar refractivity (Wildman–Crippen MR) is 78.3 cm³/mol. The first-order valence-corrected chi connectivity index (χ1v) is 7.39. The summed E-state index contributed by atoms with van der Waals surface area (Å²) in [6, 6.07) is 5.67. The second-order valence-electron chi connectivity index (χ2n) is 5.14. The largest absolute Gasteiger partial charge is 0.496 e. The molecular weight excluding hydrogens is 322 g/mol. The Morgan fingerprint density at radius 3 is 2.75 bits per heavy atom. The average molecular weight is 338 g/mol. The lowest BCUT2D eigenvalue weighted by atomic mass is 9.99. The van der Waals surface area contributed by atoms with Crippen molar-refractivity contribution < 1.29 is 9.26 Å². The van der Waals surface area contributed by atoms with E-state index in [0.717, 1.165) is 41.5 Å². The maximum absolute atomic E-state index is 6.32. The first-order chi connectivity index (χ1) is 9.62. The SMILES string of the molecule is COc1ccc(-c2noc(C3(N)CCCC3)n2)cc1Br. The summed E-state index contributed by atoms with van der Waals surface area (Å²) >= 11 is 3.45. The van der Waals surface area contributed by atoms with Crippen molar-refractivity contribution in [2.45, 2.75) is 31.2 Å². The van der Waals surface area contributed by atoms with E-state index in [4.69, 9.17) is 15.0 Å². The van der Waals surface area contributed by atoms with Crippen molar-refractivity contribution >= 4 is 15.9 Å². The molecular formula is C14H16BrN3O2. The van der Waals surface area contributed by atoms with Crippen molar-refractivity contribution in [2.75, 3.05) is 7.11 Å². The van der Waals surface area contributed by atoms with Crippen LogP contribution in [0.5, 0.6) is 5.75 Å². The van der Waals surface area contributed by atoms with Gasteiger partial charge in [0.25, 0.3) is 0 Å². The van der Waals surface area contributed by atoms with Crippen molar-refractivity contribution in [3.63, 3.8) is 0 Å². The van der Waals surface area contributed by atoms with Crippen molar-refractivity contribution in [2.24, 2.45) is 5.73 Å². The number of ether oxygens (including phenoxy) is 1. The zero-order valence-corrected chi connectivity index (χ0v) is 12.8. The van der Waals surface area contributed by atoms with E-state index >= 15 is 0 Å². The van der Waals surface area contributed by atoms with Crippen LogP contribution in [0.15, 0.2) is 27.2 Å². The third-order valence-electron chi connectivity index (χ3n) is 3.76. The highest BCUT2D eigenvalue weighted by molar-refractivity contribution is 9.10. The van der Waals surface area contributed by atoms with Crippen LogP contribution in [0.3, 0.4) is 0 Å². The number of benzene rings is 1. The fraction of sp³-hybridized carbons (Fsp3) is 0.429. The number of methoxy groups -OCH3 is 1. The van der Waals surface area contributed by atoms with Gasteiger partial charge in [-0.05, 0) is 47.0 Å². The monoisotopic (exact) mass is 337 g/mol. The topological polar surface area (TPSA) is 74.2 Å². The molecule has 0 atom stereocenters. The fourth-order valence-corrected chi connectivity index (χ4v) is 3.11. The highest BCUT2D eigenvalue weighted by atomic mass is 79.9. The minimum Gasteiger partial charge on any atom is -0.496 e. The Morgan fingerprint density at radius 1 is 1.35 bits per heavy atom. The van der Waals surface area contributed by atoms with Crippen molar-refractivity contribution in [1.29, 1.82) is 0 Å². The Morgan fingerprint density at radius 2 is 2.10 bits per heavy atom. The van der Waals surface area contributed by atoms with Gasteiger partial charge in [0.2, 0.25) is 11.7 Å². The van der Waals surface area contributed by atoms with Gasteiger partial charge in [-0.2, -0.15) is 4.98 Å². The van der Waals surface area contributed by atoms with Gasteiger partial charge in [0.1, 0.15) is 5.75 Å². The molecule has 6 heteroatoms. The van der Waals surface area contributed by atoms with E-state index in [0.29, 0.717) is 11.7 Å². The lowest BCUT2D eigenvalue weighted by molar-refractivity contribution is 0.285. The molecule has 1 heterocycles. The summed E-state index contributed by atoms with van der Waals surface area (Å²) < 4.78 is 11.4. The molecule has 1 fully saturated rings. The van der Waals surface area contributed by atoms with Crippen LogP contribution in [-0.4, -0.2) is 17.3 Å². The normalized spacial score (nSPS) is 17.4. The first kappa shape index (κ1) is 13.6. The summed E-state index contributed by atoms with van der Waals surface area (Å²) in [5, 5.41) is 4.05. The molecule has 0 aliphatic heterocycles. The molecule has 1 saturated carbocycles. The maximum atomic E-state index is 6.32. The Bertz CT molecular complexity index is 621. The lowest BCUT2D eigenvalue weighted by Crippen LogP contribution is -2.33. The second kappa shape index (κ2) is 5.18. The van der Waals surface area contributed by atoms with Gasteiger partial charge in [-0.1, -0.05) is 18.0 Å². The molecule has 0 spiro atoms. The number of halogens is 1. The number of hydrogen-bond acceptors (Lipinski definition) is 5. The minimum atomic E-state index is -0.449. The van der Waals surface area contributed by atoms with Crippen LogP contribution in [0.2, 0.25) is 0 Å². The molecule has 2 N–H and O–H groups in total. The molecule has 0 radical (unpaired) electrons. The van der Waals surface area contributed by atoms with E-state index < -0.39 is 5.54 Å². The summed E-state index contributed by atoms with van der Waals surface area (Å²) in [5.74, 6) is 1.86. The van der Waals surface area contributed by atoms with E-state index in [1.165, 1.54) is 0 Å². The van der Waals surface area contributed by atoms with Gasteiger partial charge in [0, 0.05) is 5.56 Å². The van der Waals surface area contributed by atoms with Crippen LogP contribution in [0.4, 0.5) is 0 Å². The van der Waals surface area contributed by atoms with Gasteiger partial charge in [-0.15, -0.1) is 0 Å². The molecule has 2 aromatic rings. The first-order valence-electron chi connectivity index (χ1n) is 6.59. The standard InChI is InChI=1S/C14H16BrN3O2/c1-19-11-5-4-9(8-10(11)15)12-17-13(20-18-12)14(16)6-2-3-7-14/h4-5,8H,2-3,6-7,16H2,1H3. The van der Waals surface area contributed by atoms with Gasteiger partial charge < -0.3 is 15.0 Å². The second-order valence-corrected chi connectivity index (χ2v) is 5.99. The van der Waals surface area contributed by atoms with Gasteiger partial charge in [0.15, 0.2) is 0 Å². The maximum Gasteiger partial charge on any atom is 0.247 e. The molecule has 20 heavy (non-hydrogen) atoms. The van der Waals surface area contributed by atoms with E-state index in [2.05, 4.69) is 26.1 Å². The minimum absolute atomic E-state index is 0.449. The van der Waals surface area contributed by atoms with E-state index in [9.17, 15) is 0 Å². The molecule has 1 aromatic carbocycles. The summed E-state index contributed by atoms with van der Waals surface area (Å²) in [6.07, 6.45) is 4.03. The van der Waals surface area contributed by atoms with Crippen molar-refractivity contribution in [1.82, 2.24) is 10.1 Å². The fourth-order valence-electron chi connectivity index (χ4n) is 2.57. The summed E-state index contributed by atoms with van der Waals surface area (Å²) in [7, 11) is 1.63. The van der Waals surface area contributed by atoms with Crippen LogP contribution in [0, 0.1) is 0 Å². The third-order valence-corrected chi connectivity index (χ3v) is 4.38. The van der Waals surface area contributed by atoms with Gasteiger partial charge in [-0.25, -0.2) is 0 Å². The Balaban J connectivity index is 1.92. The zero-order valence-electron chi connectivity index (χ0n) is 11.2. The molecule has 3 rings (SSSR count). The average Bonchev–Trinajstić information content (AvgIpc) is 3.08. The summed E-state index contributed by atoms with van der Waals surface area (Å²) in [4.78, 5) is 4.47. The Hall–Kier alpha value is -1.40. The number of rotatable bonds is 3. The molecule has 1 aromatic heterocycles. The third kappa shape index (κ3) is 2.33. The van der Waals surface area contributed by atoms with Gasteiger partial charge in [-0.3, -0.25) is 0 Å². The molecule has 5 nitrogen and oxygen atoms in total. The van der Waals surface area contributed by atoms with E-state index in [1.807, 2.05) is 18.2 Å². The molecule has 0 bridgehead atoms. The number of aromatic nitrogens is 2. The smallest absolute Gasteiger partial charge is 0.247 e. The van der Waals surface area contributed by atoms with Crippen LogP contribution in [0.25, 0.3) is 11.4 Å². The quantitative estimate of drug-likeness (QED) is 0.930. The molecule has 1 aliphatic carbocycles. The van der Waals surface area contributed by atoms with E-state index in [-0.39, 0.29) is 0 Å². The molecule has 106 valence electrons. The van der Waals surface area contributed by atoms with Crippen LogP contribution >= 0.6 is 15.9 Å². The number of nitrogens with two attached hydrogens (primary N) is 1. The Kier molecular flexibility index (Phi) is 3.52. The Labute approximate surface area is 125 Å². The van der Waals surface area contributed by atoms with Crippen LogP contribution < -0.4 is 10.5 Å². The van der Waals surface area contributed by atoms with E-state index in [1.54, 1.807) is 7.11 Å². The summed E-state index contributed by atoms with van der Waals surface area (Å²) in [6.45, 7) is 0. The lowest BCUT2D eigenvalue weighted by Gasteiger charge is -2.17. The van der Waals surface area contributed by atoms with Crippen molar-refractivity contribution in [3.05, 3.63) is 28.6 Å². The zero-order chi connectivity index (χ0) is 14.2. The number of nitrogens with zero attached hydrogens (tertiary/aromatic N) is 2. The van der Waals surface area contributed by atoms with Gasteiger partial charge >= 0.3 is 0 Å². The predicted octanol–water partition coefficient (Wildman–Crippen LogP) is 3.24. The molecule has 1 aliphatic rings. The number of hydrogen-bond donors (Lipinski definition) is 1. The van der Waals surface area contributed by atoms with Crippen LogP contribution in [-0.2, 0) is 5.54 Å². The molecule has 0 unspecified atom stereocenters. The van der Waals surface area contributed by atoms with Crippen LogP contribution in [0.1, 0.15) is 31.6 Å². The van der Waals surface area contributed by atoms with Crippen molar-refractivity contribution in [3.8, 4) is 17.1 Å².